The number of sulfonamides is 1. The second-order valence-electron chi connectivity index (χ2n) is 5.66. The molecule has 0 amide bonds. The van der Waals surface area contributed by atoms with E-state index in [1.807, 2.05) is 10.8 Å². The van der Waals surface area contributed by atoms with Crippen LogP contribution < -0.4 is 14.6 Å². The number of hydrogen-bond donors (Lipinski definition) is 1. The predicted molar refractivity (Wildman–Crippen MR) is 97.6 cm³/mol. The zero-order valence-electron chi connectivity index (χ0n) is 14.7. The van der Waals surface area contributed by atoms with Gasteiger partial charge in [0.15, 0.2) is 5.78 Å². The summed E-state index contributed by atoms with van der Waals surface area (Å²) < 4.78 is 31.3. The molecule has 2 aromatic rings. The highest BCUT2D eigenvalue weighted by Crippen LogP contribution is 2.15. The van der Waals surface area contributed by atoms with Crippen LogP contribution in [0.25, 0.3) is 6.08 Å². The van der Waals surface area contributed by atoms with Crippen LogP contribution in [0.5, 0.6) is 5.75 Å². The van der Waals surface area contributed by atoms with Gasteiger partial charge in [-0.15, -0.1) is 0 Å². The standard InChI is InChI=1S/C19H19NO6S/c1-13(19(22)23)20-27(24,25)17-9-7-15(8-10-17)18(21)11-6-14-4-3-5-16(12-14)26-2/h3-13,20H,1-2H3,(H,22,23)/p-1/b11-6+/t13-/m0/s1. The molecule has 0 aliphatic rings. The Morgan fingerprint density at radius 3 is 2.41 bits per heavy atom. The molecule has 2 aromatic carbocycles. The van der Waals surface area contributed by atoms with Crippen LogP contribution in [0.3, 0.4) is 0 Å². The maximum atomic E-state index is 12.2. The van der Waals surface area contributed by atoms with Crippen LogP contribution in [0.2, 0.25) is 0 Å². The number of methoxy groups -OCH3 is 1. The number of ether oxygens (including phenoxy) is 1. The normalized spacial score (nSPS) is 12.7. The molecule has 1 atom stereocenters. The Balaban J connectivity index is 2.13. The molecule has 1 N–H and O–H groups in total. The summed E-state index contributed by atoms with van der Waals surface area (Å²) in [6, 6.07) is 11.0. The van der Waals surface area contributed by atoms with Crippen LogP contribution >= 0.6 is 0 Å². The fraction of sp³-hybridized carbons (Fsp3) is 0.158. The zero-order chi connectivity index (χ0) is 20.0. The average molecular weight is 388 g/mol. The highest BCUT2D eigenvalue weighted by atomic mass is 32.2. The molecule has 0 saturated carbocycles. The van der Waals surface area contributed by atoms with E-state index in [1.54, 1.807) is 31.4 Å². The quantitative estimate of drug-likeness (QED) is 0.533. The number of aliphatic carboxylic acids is 1. The number of carboxylic acid groups (broad SMARTS) is 1. The van der Waals surface area contributed by atoms with Crippen molar-refractivity contribution in [3.8, 4) is 5.75 Å². The number of hydrogen-bond acceptors (Lipinski definition) is 6. The molecule has 0 heterocycles. The lowest BCUT2D eigenvalue weighted by atomic mass is 10.1. The number of nitrogens with one attached hydrogen (secondary N) is 1. The molecule has 7 nitrogen and oxygen atoms in total. The molecule has 2 rings (SSSR count). The Kier molecular flexibility index (Phi) is 6.49. The molecule has 0 aromatic heterocycles. The Morgan fingerprint density at radius 1 is 1.15 bits per heavy atom. The minimum atomic E-state index is -4.02. The van der Waals surface area contributed by atoms with Gasteiger partial charge in [0, 0.05) is 5.56 Å². The number of ketones is 1. The average Bonchev–Trinajstić information content (AvgIpc) is 2.66. The lowest BCUT2D eigenvalue weighted by Crippen LogP contribution is -2.45. The third kappa shape index (κ3) is 5.50. The van der Waals surface area contributed by atoms with E-state index in [0.717, 1.165) is 12.5 Å². The van der Waals surface area contributed by atoms with Gasteiger partial charge < -0.3 is 14.6 Å². The minimum absolute atomic E-state index is 0.149. The van der Waals surface area contributed by atoms with E-state index in [9.17, 15) is 23.1 Å². The Bertz CT molecular complexity index is 964. The van der Waals surface area contributed by atoms with E-state index in [2.05, 4.69) is 0 Å². The van der Waals surface area contributed by atoms with Crippen LogP contribution in [0.1, 0.15) is 22.8 Å². The molecule has 0 aliphatic heterocycles. The summed E-state index contributed by atoms with van der Waals surface area (Å²) in [6.45, 7) is 1.16. The van der Waals surface area contributed by atoms with Crippen LogP contribution in [-0.4, -0.2) is 33.3 Å². The first-order chi connectivity index (χ1) is 12.7. The smallest absolute Gasteiger partial charge is 0.241 e. The molecule has 0 radical (unpaired) electrons. The van der Waals surface area contributed by atoms with Crippen molar-refractivity contribution >= 4 is 27.9 Å². The number of carboxylic acids is 1. The fourth-order valence-electron chi connectivity index (χ4n) is 2.16. The van der Waals surface area contributed by atoms with E-state index in [-0.39, 0.29) is 10.7 Å². The second-order valence-corrected chi connectivity index (χ2v) is 7.37. The van der Waals surface area contributed by atoms with E-state index < -0.39 is 22.0 Å². The molecule has 0 bridgehead atoms. The van der Waals surface area contributed by atoms with E-state index in [0.29, 0.717) is 11.3 Å². The summed E-state index contributed by atoms with van der Waals surface area (Å²) in [5.41, 5.74) is 1.07. The maximum Gasteiger partial charge on any atom is 0.241 e. The summed E-state index contributed by atoms with van der Waals surface area (Å²) in [7, 11) is -2.48. The first kappa shape index (κ1) is 20.3. The van der Waals surface area contributed by atoms with Crippen molar-refractivity contribution in [2.45, 2.75) is 17.9 Å². The third-order valence-corrected chi connectivity index (χ3v) is 5.21. The molecule has 0 unspecified atom stereocenters. The summed E-state index contributed by atoms with van der Waals surface area (Å²) in [5, 5.41) is 10.7. The Hall–Kier alpha value is -2.97. The van der Waals surface area contributed by atoms with Crippen LogP contribution in [-0.2, 0) is 14.8 Å². The van der Waals surface area contributed by atoms with Gasteiger partial charge in [-0.3, -0.25) is 4.79 Å². The lowest BCUT2D eigenvalue weighted by Gasteiger charge is -2.14. The van der Waals surface area contributed by atoms with Crippen molar-refractivity contribution in [1.82, 2.24) is 4.72 Å². The highest BCUT2D eigenvalue weighted by Gasteiger charge is 2.18. The number of carbonyl (C=O) groups excluding carboxylic acids is 2. The Labute approximate surface area is 157 Å². The Morgan fingerprint density at radius 2 is 1.81 bits per heavy atom. The van der Waals surface area contributed by atoms with Crippen molar-refractivity contribution in [3.63, 3.8) is 0 Å². The number of allylic oxidation sites excluding steroid dienone is 1. The van der Waals surface area contributed by atoms with E-state index >= 15 is 0 Å². The molecule has 27 heavy (non-hydrogen) atoms. The molecule has 142 valence electrons. The SMILES string of the molecule is COc1cccc(/C=C/C(=O)c2ccc(S(=O)(=O)N[C@@H](C)C(=O)[O-])cc2)c1. The van der Waals surface area contributed by atoms with Gasteiger partial charge in [0.25, 0.3) is 0 Å². The maximum absolute atomic E-state index is 12.2. The van der Waals surface area contributed by atoms with Gasteiger partial charge in [-0.2, -0.15) is 0 Å². The number of rotatable bonds is 8. The number of carbonyl (C=O) groups is 2. The second kappa shape index (κ2) is 8.61. The lowest BCUT2D eigenvalue weighted by molar-refractivity contribution is -0.307. The van der Waals surface area contributed by atoms with Crippen molar-refractivity contribution in [2.75, 3.05) is 7.11 Å². The van der Waals surface area contributed by atoms with Gasteiger partial charge in [-0.25, -0.2) is 13.1 Å². The molecule has 0 aliphatic carbocycles. The summed E-state index contributed by atoms with van der Waals surface area (Å²) in [6.07, 6.45) is 2.99. The molecule has 8 heteroatoms. The van der Waals surface area contributed by atoms with Gasteiger partial charge >= 0.3 is 0 Å². The molecule has 0 fully saturated rings. The van der Waals surface area contributed by atoms with Gasteiger partial charge in [-0.1, -0.05) is 18.2 Å². The predicted octanol–water partition coefficient (Wildman–Crippen LogP) is 1.01. The van der Waals surface area contributed by atoms with E-state index in [1.165, 1.54) is 30.3 Å². The summed E-state index contributed by atoms with van der Waals surface area (Å²) >= 11 is 0. The highest BCUT2D eigenvalue weighted by molar-refractivity contribution is 7.89. The topological polar surface area (TPSA) is 113 Å². The molecule has 0 spiro atoms. The zero-order valence-corrected chi connectivity index (χ0v) is 15.5. The minimum Gasteiger partial charge on any atom is -0.548 e. The van der Waals surface area contributed by atoms with Crippen molar-refractivity contribution < 1.29 is 27.9 Å². The molecular weight excluding hydrogens is 370 g/mol. The number of benzene rings is 2. The fourth-order valence-corrected chi connectivity index (χ4v) is 3.35. The first-order valence-corrected chi connectivity index (χ1v) is 9.41. The van der Waals surface area contributed by atoms with Crippen molar-refractivity contribution in [3.05, 3.63) is 65.7 Å². The molecular formula is C19H18NO6S-. The third-order valence-electron chi connectivity index (χ3n) is 3.66. The van der Waals surface area contributed by atoms with Crippen LogP contribution in [0.4, 0.5) is 0 Å². The van der Waals surface area contributed by atoms with Crippen molar-refractivity contribution in [2.24, 2.45) is 0 Å². The van der Waals surface area contributed by atoms with Gasteiger partial charge in [0.05, 0.1) is 24.0 Å². The van der Waals surface area contributed by atoms with Crippen LogP contribution in [0.15, 0.2) is 59.5 Å². The monoisotopic (exact) mass is 388 g/mol. The van der Waals surface area contributed by atoms with Gasteiger partial charge in [0.2, 0.25) is 10.0 Å². The summed E-state index contributed by atoms with van der Waals surface area (Å²) in [4.78, 5) is 22.8. The van der Waals surface area contributed by atoms with Crippen molar-refractivity contribution in [1.29, 1.82) is 0 Å². The van der Waals surface area contributed by atoms with Crippen LogP contribution in [0, 0.1) is 0 Å². The molecule has 0 saturated heterocycles. The van der Waals surface area contributed by atoms with E-state index in [4.69, 9.17) is 4.74 Å². The van der Waals surface area contributed by atoms with Gasteiger partial charge in [-0.05, 0) is 55.0 Å². The summed E-state index contributed by atoms with van der Waals surface area (Å²) in [5.74, 6) is -1.18. The first-order valence-electron chi connectivity index (χ1n) is 7.92. The largest absolute Gasteiger partial charge is 0.548 e. The van der Waals surface area contributed by atoms with Gasteiger partial charge in [0.1, 0.15) is 5.75 Å².